The fourth-order valence-electron chi connectivity index (χ4n) is 3.05. The summed E-state index contributed by atoms with van der Waals surface area (Å²) in [4.78, 5) is 25.5. The molecule has 1 aliphatic rings. The second kappa shape index (κ2) is 8.02. The predicted molar refractivity (Wildman–Crippen MR) is 92.4 cm³/mol. The summed E-state index contributed by atoms with van der Waals surface area (Å²) in [5.74, 6) is 0.685. The number of nitrogens with zero attached hydrogens (tertiary/aromatic N) is 1. The Morgan fingerprint density at radius 1 is 1.39 bits per heavy atom. The number of carbonyl (C=O) groups is 2. The number of carboxylic acid groups (broad SMARTS) is 1. The molecule has 7 heteroatoms. The Labute approximate surface area is 145 Å². The van der Waals surface area contributed by atoms with Crippen molar-refractivity contribution in [3.63, 3.8) is 0 Å². The molecule has 1 aliphatic heterocycles. The number of likely N-dealkylation sites (tertiary alicyclic amines) is 1. The van der Waals surface area contributed by atoms with Gasteiger partial charge in [-0.25, -0.2) is 4.79 Å². The SMILES string of the molecule is CC(C)CC(NC(=O)c1ccc(Cl)s1)C1CCN(C(=O)O)CC1. The van der Waals surface area contributed by atoms with Crippen LogP contribution in [-0.4, -0.2) is 41.1 Å². The lowest BCUT2D eigenvalue weighted by molar-refractivity contribution is 0.0868. The van der Waals surface area contributed by atoms with Crippen LogP contribution in [0, 0.1) is 11.8 Å². The van der Waals surface area contributed by atoms with Gasteiger partial charge in [-0.2, -0.15) is 0 Å². The van der Waals surface area contributed by atoms with E-state index in [2.05, 4.69) is 19.2 Å². The second-order valence-electron chi connectivity index (χ2n) is 6.42. The number of halogens is 1. The normalized spacial score (nSPS) is 17.3. The van der Waals surface area contributed by atoms with Crippen LogP contribution in [0.4, 0.5) is 4.79 Å². The molecule has 128 valence electrons. The first-order valence-electron chi connectivity index (χ1n) is 7.91. The van der Waals surface area contributed by atoms with Crippen molar-refractivity contribution < 1.29 is 14.7 Å². The minimum absolute atomic E-state index is 0.0688. The topological polar surface area (TPSA) is 69.6 Å². The Kier molecular flexibility index (Phi) is 6.30. The first-order chi connectivity index (χ1) is 10.9. The van der Waals surface area contributed by atoms with E-state index < -0.39 is 6.09 Å². The summed E-state index contributed by atoms with van der Waals surface area (Å²) < 4.78 is 0.602. The van der Waals surface area contributed by atoms with Crippen molar-refractivity contribution in [2.45, 2.75) is 39.2 Å². The molecule has 0 aromatic carbocycles. The van der Waals surface area contributed by atoms with E-state index in [9.17, 15) is 9.59 Å². The molecular formula is C16H23ClN2O3S. The minimum atomic E-state index is -0.860. The van der Waals surface area contributed by atoms with Gasteiger partial charge >= 0.3 is 6.09 Å². The van der Waals surface area contributed by atoms with E-state index in [1.165, 1.54) is 16.2 Å². The molecule has 2 rings (SSSR count). The van der Waals surface area contributed by atoms with E-state index in [-0.39, 0.29) is 11.9 Å². The molecule has 0 aliphatic carbocycles. The van der Waals surface area contributed by atoms with Gasteiger partial charge in [-0.1, -0.05) is 25.4 Å². The fraction of sp³-hybridized carbons (Fsp3) is 0.625. The Hall–Kier alpha value is -1.27. The van der Waals surface area contributed by atoms with E-state index in [0.29, 0.717) is 34.1 Å². The third kappa shape index (κ3) is 5.11. The molecule has 1 atom stereocenters. The van der Waals surface area contributed by atoms with E-state index in [1.807, 2.05) is 0 Å². The number of thiophene rings is 1. The molecule has 2 N–H and O–H groups in total. The molecule has 1 unspecified atom stereocenters. The first kappa shape index (κ1) is 18.1. The quantitative estimate of drug-likeness (QED) is 0.837. The van der Waals surface area contributed by atoms with Gasteiger partial charge in [0.2, 0.25) is 0 Å². The highest BCUT2D eigenvalue weighted by Gasteiger charge is 2.30. The predicted octanol–water partition coefficient (Wildman–Crippen LogP) is 3.94. The Morgan fingerprint density at radius 3 is 2.52 bits per heavy atom. The van der Waals surface area contributed by atoms with Gasteiger partial charge in [-0.15, -0.1) is 11.3 Å². The standard InChI is InChI=1S/C16H23ClN2O3S/c1-10(2)9-12(11-5-7-19(8-6-11)16(21)22)18-15(20)13-3-4-14(17)23-13/h3-4,10-12H,5-9H2,1-2H3,(H,18,20)(H,21,22). The van der Waals surface area contributed by atoms with Crippen LogP contribution in [-0.2, 0) is 0 Å². The van der Waals surface area contributed by atoms with Crippen LogP contribution >= 0.6 is 22.9 Å². The zero-order chi connectivity index (χ0) is 17.0. The molecule has 0 radical (unpaired) electrons. The maximum atomic E-state index is 12.4. The monoisotopic (exact) mass is 358 g/mol. The van der Waals surface area contributed by atoms with Crippen LogP contribution < -0.4 is 5.32 Å². The summed E-state index contributed by atoms with van der Waals surface area (Å²) in [6.07, 6.45) is 1.61. The van der Waals surface area contributed by atoms with Gasteiger partial charge in [0.05, 0.1) is 9.21 Å². The van der Waals surface area contributed by atoms with E-state index in [4.69, 9.17) is 16.7 Å². The molecule has 1 saturated heterocycles. The van der Waals surface area contributed by atoms with Crippen molar-refractivity contribution >= 4 is 34.9 Å². The van der Waals surface area contributed by atoms with Gasteiger partial charge in [0.15, 0.2) is 0 Å². The first-order valence-corrected chi connectivity index (χ1v) is 9.10. The highest BCUT2D eigenvalue weighted by atomic mass is 35.5. The van der Waals surface area contributed by atoms with Gasteiger partial charge in [-0.3, -0.25) is 4.79 Å². The lowest BCUT2D eigenvalue weighted by Crippen LogP contribution is -2.47. The smallest absolute Gasteiger partial charge is 0.407 e. The van der Waals surface area contributed by atoms with E-state index in [0.717, 1.165) is 19.3 Å². The van der Waals surface area contributed by atoms with Gasteiger partial charge in [0.25, 0.3) is 5.91 Å². The van der Waals surface area contributed by atoms with Crippen molar-refractivity contribution in [2.75, 3.05) is 13.1 Å². The third-order valence-corrected chi connectivity index (χ3v) is 5.45. The number of carbonyl (C=O) groups excluding carboxylic acids is 1. The average molecular weight is 359 g/mol. The van der Waals surface area contributed by atoms with Crippen molar-refractivity contribution in [2.24, 2.45) is 11.8 Å². The summed E-state index contributed by atoms with van der Waals surface area (Å²) in [6.45, 7) is 5.34. The summed E-state index contributed by atoms with van der Waals surface area (Å²) in [5, 5.41) is 12.2. The largest absolute Gasteiger partial charge is 0.465 e. The molecule has 23 heavy (non-hydrogen) atoms. The van der Waals surface area contributed by atoms with Crippen LogP contribution in [0.3, 0.4) is 0 Å². The van der Waals surface area contributed by atoms with Crippen molar-refractivity contribution in [1.82, 2.24) is 10.2 Å². The molecule has 1 fully saturated rings. The lowest BCUT2D eigenvalue weighted by atomic mass is 9.85. The van der Waals surface area contributed by atoms with Crippen LogP contribution in [0.15, 0.2) is 12.1 Å². The molecule has 1 aromatic rings. The summed E-state index contributed by atoms with van der Waals surface area (Å²) in [7, 11) is 0. The molecule has 0 spiro atoms. The molecule has 0 bridgehead atoms. The summed E-state index contributed by atoms with van der Waals surface area (Å²) in [6, 6.07) is 3.53. The second-order valence-corrected chi connectivity index (χ2v) is 8.14. The number of hydrogen-bond donors (Lipinski definition) is 2. The Morgan fingerprint density at radius 2 is 2.04 bits per heavy atom. The van der Waals surface area contributed by atoms with Crippen LogP contribution in [0.25, 0.3) is 0 Å². The lowest BCUT2D eigenvalue weighted by Gasteiger charge is -2.35. The average Bonchev–Trinajstić information content (AvgIpc) is 2.93. The van der Waals surface area contributed by atoms with Crippen LogP contribution in [0.2, 0.25) is 4.34 Å². The van der Waals surface area contributed by atoms with Crippen LogP contribution in [0.1, 0.15) is 42.8 Å². The highest BCUT2D eigenvalue weighted by molar-refractivity contribution is 7.17. The summed E-state index contributed by atoms with van der Waals surface area (Å²) in [5.41, 5.74) is 0. The number of amides is 2. The maximum Gasteiger partial charge on any atom is 0.407 e. The van der Waals surface area contributed by atoms with Gasteiger partial charge < -0.3 is 15.3 Å². The zero-order valence-electron chi connectivity index (χ0n) is 13.4. The third-order valence-electron chi connectivity index (χ3n) is 4.22. The molecule has 1 aromatic heterocycles. The van der Waals surface area contributed by atoms with E-state index in [1.54, 1.807) is 12.1 Å². The van der Waals surface area contributed by atoms with Crippen molar-refractivity contribution in [3.8, 4) is 0 Å². The minimum Gasteiger partial charge on any atom is -0.465 e. The molecule has 0 saturated carbocycles. The van der Waals surface area contributed by atoms with Crippen molar-refractivity contribution in [3.05, 3.63) is 21.3 Å². The Bertz CT molecular complexity index is 553. The molecule has 5 nitrogen and oxygen atoms in total. The maximum absolute atomic E-state index is 12.4. The van der Waals surface area contributed by atoms with Crippen molar-refractivity contribution in [1.29, 1.82) is 0 Å². The highest BCUT2D eigenvalue weighted by Crippen LogP contribution is 2.26. The number of piperidine rings is 1. The fourth-order valence-corrected chi connectivity index (χ4v) is 3.99. The van der Waals surface area contributed by atoms with Crippen LogP contribution in [0.5, 0.6) is 0 Å². The molecule has 2 amide bonds. The number of hydrogen-bond acceptors (Lipinski definition) is 3. The van der Waals surface area contributed by atoms with Gasteiger partial charge in [0, 0.05) is 19.1 Å². The molecular weight excluding hydrogens is 336 g/mol. The van der Waals surface area contributed by atoms with E-state index >= 15 is 0 Å². The number of rotatable bonds is 5. The summed E-state index contributed by atoms with van der Waals surface area (Å²) >= 11 is 7.17. The zero-order valence-corrected chi connectivity index (χ0v) is 15.0. The number of nitrogens with one attached hydrogen (secondary N) is 1. The van der Waals surface area contributed by atoms with Gasteiger partial charge in [-0.05, 0) is 43.2 Å². The Balaban J connectivity index is 2.00. The van der Waals surface area contributed by atoms with Gasteiger partial charge in [0.1, 0.15) is 0 Å². The molecule has 2 heterocycles.